The molecule has 17 heteroatoms. The maximum atomic E-state index is 9.60. The molecule has 0 radical (unpaired) electrons. The molecule has 0 fully saturated rings. The number of aliphatic hydroxyl groups excluding tert-OH is 4. The van der Waals surface area contributed by atoms with Crippen LogP contribution in [-0.4, -0.2) is 187 Å². The molecule has 0 saturated heterocycles. The Morgan fingerprint density at radius 3 is 0.857 bits per heavy atom. The summed E-state index contributed by atoms with van der Waals surface area (Å²) in [5.41, 5.74) is 0.352. The fraction of sp³-hybridized carbons (Fsp3) is 0.812. The van der Waals surface area contributed by atoms with Crippen LogP contribution < -0.4 is 0 Å². The van der Waals surface area contributed by atoms with E-state index in [0.717, 1.165) is 0 Å². The van der Waals surface area contributed by atoms with Crippen LogP contribution in [0.1, 0.15) is 27.7 Å². The highest BCUT2D eigenvalue weighted by atomic mass is 16.6. The van der Waals surface area contributed by atoms with Crippen molar-refractivity contribution in [3.8, 4) is 0 Å². The van der Waals surface area contributed by atoms with Gasteiger partial charge in [0, 0.05) is 11.1 Å². The monoisotopic (exact) mass is 720 g/mol. The first-order chi connectivity index (χ1) is 23.4. The lowest BCUT2D eigenvalue weighted by molar-refractivity contribution is -0.133. The van der Waals surface area contributed by atoms with Crippen LogP contribution in [0.2, 0.25) is 0 Å². The predicted octanol–water partition coefficient (Wildman–Crippen LogP) is 0.163. The van der Waals surface area contributed by atoms with Gasteiger partial charge in [0.05, 0.1) is 144 Å². The van der Waals surface area contributed by atoms with Crippen molar-refractivity contribution in [1.82, 2.24) is 0 Å². The Labute approximate surface area is 291 Å². The van der Waals surface area contributed by atoms with Crippen molar-refractivity contribution in [1.29, 1.82) is 0 Å². The maximum Gasteiger partial charge on any atom is 0.330 e. The smallest absolute Gasteiger partial charge is 0.330 e. The summed E-state index contributed by atoms with van der Waals surface area (Å²) >= 11 is 0. The Kier molecular flexibility index (Phi) is 50.3. The first-order valence-electron chi connectivity index (χ1n) is 15.9. The van der Waals surface area contributed by atoms with Crippen molar-refractivity contribution in [2.24, 2.45) is 0 Å². The molecule has 0 saturated carbocycles. The fourth-order valence-electron chi connectivity index (χ4n) is 2.13. The van der Waals surface area contributed by atoms with Crippen LogP contribution >= 0.6 is 0 Å². The third-order valence-electron chi connectivity index (χ3n) is 4.68. The van der Waals surface area contributed by atoms with Gasteiger partial charge in [-0.3, -0.25) is 0 Å². The molecular weight excluding hydrogens is 656 g/mol. The second kappa shape index (κ2) is 45.9. The zero-order valence-electron chi connectivity index (χ0n) is 29.9. The SMILES string of the molecule is C=C(C)C(=O)O.C=C(C)C(=O)O.CC(O)COC(C)CO.OCCOCCOCCOCCOCCOCCOCCOCCOCCO. The standard InChI is InChI=1S/C18H38O10.C6H14O3.2C4H6O2/c19-1-3-21-5-7-23-9-11-25-13-15-27-17-18-28-16-14-26-12-10-24-8-6-22-4-2-20;1-5(8)4-9-6(2)3-7;2*1-3(2)4(5)6/h19-20H,1-18H2;5-8H,3-4H2,1-2H3;2*1H2,2H3,(H,5,6). The second-order valence-corrected chi connectivity index (χ2v) is 9.69. The van der Waals surface area contributed by atoms with Crippen molar-refractivity contribution >= 4 is 11.9 Å². The van der Waals surface area contributed by atoms with Gasteiger partial charge >= 0.3 is 11.9 Å². The largest absolute Gasteiger partial charge is 0.478 e. The van der Waals surface area contributed by atoms with Gasteiger partial charge in [0.1, 0.15) is 0 Å². The maximum absolute atomic E-state index is 9.60. The van der Waals surface area contributed by atoms with Crippen molar-refractivity contribution in [3.05, 3.63) is 24.3 Å². The summed E-state index contributed by atoms with van der Waals surface area (Å²) in [4.78, 5) is 19.2. The Balaban J connectivity index is -0.000000387. The molecule has 2 unspecified atom stereocenters. The average molecular weight is 721 g/mol. The number of aliphatic hydroxyl groups is 4. The molecule has 0 aromatic carbocycles. The lowest BCUT2D eigenvalue weighted by Gasteiger charge is -2.10. The van der Waals surface area contributed by atoms with Crippen molar-refractivity contribution in [3.63, 3.8) is 0 Å². The fourth-order valence-corrected chi connectivity index (χ4v) is 2.13. The van der Waals surface area contributed by atoms with E-state index in [2.05, 4.69) is 13.2 Å². The van der Waals surface area contributed by atoms with E-state index in [4.69, 9.17) is 73.3 Å². The summed E-state index contributed by atoms with van der Waals surface area (Å²) in [6, 6.07) is 0. The molecule has 17 nitrogen and oxygen atoms in total. The highest BCUT2D eigenvalue weighted by Crippen LogP contribution is 1.90. The van der Waals surface area contributed by atoms with Crippen molar-refractivity contribution < 1.29 is 82.9 Å². The molecule has 0 rings (SSSR count). The van der Waals surface area contributed by atoms with Crippen LogP contribution in [0, 0.1) is 0 Å². The molecule has 49 heavy (non-hydrogen) atoms. The Morgan fingerprint density at radius 1 is 0.510 bits per heavy atom. The number of hydrogen-bond acceptors (Lipinski definition) is 15. The van der Waals surface area contributed by atoms with Crippen LogP contribution in [0.4, 0.5) is 0 Å². The van der Waals surface area contributed by atoms with Crippen LogP contribution in [0.15, 0.2) is 24.3 Å². The van der Waals surface area contributed by atoms with E-state index < -0.39 is 18.0 Å². The van der Waals surface area contributed by atoms with E-state index in [0.29, 0.717) is 112 Å². The molecule has 0 aliphatic rings. The summed E-state index contributed by atoms with van der Waals surface area (Å²) in [7, 11) is 0. The normalized spacial score (nSPS) is 11.5. The number of rotatable bonds is 31. The van der Waals surface area contributed by atoms with E-state index in [9.17, 15) is 9.59 Å². The van der Waals surface area contributed by atoms with Gasteiger partial charge < -0.3 is 73.3 Å². The Hall–Kier alpha value is -2.10. The Bertz CT molecular complexity index is 648. The van der Waals surface area contributed by atoms with Gasteiger partial charge in [-0.05, 0) is 27.7 Å². The van der Waals surface area contributed by atoms with Gasteiger partial charge in [0.2, 0.25) is 0 Å². The number of ether oxygens (including phenoxy) is 9. The molecule has 0 spiro atoms. The van der Waals surface area contributed by atoms with Crippen LogP contribution in [0.25, 0.3) is 0 Å². The van der Waals surface area contributed by atoms with E-state index in [1.807, 2.05) is 0 Å². The summed E-state index contributed by atoms with van der Waals surface area (Å²) < 4.78 is 47.1. The van der Waals surface area contributed by atoms with E-state index >= 15 is 0 Å². The number of aliphatic carboxylic acids is 2. The molecule has 2 atom stereocenters. The van der Waals surface area contributed by atoms with Gasteiger partial charge in [-0.2, -0.15) is 0 Å². The minimum Gasteiger partial charge on any atom is -0.478 e. The molecular formula is C32H64O17. The third kappa shape index (κ3) is 61.6. The molecule has 0 amide bonds. The molecule has 0 aromatic heterocycles. The third-order valence-corrected chi connectivity index (χ3v) is 4.68. The summed E-state index contributed by atoms with van der Waals surface area (Å²) in [5.74, 6) is -1.87. The van der Waals surface area contributed by atoms with Crippen LogP contribution in [0.3, 0.4) is 0 Å². The first kappa shape index (κ1) is 53.7. The quantitative estimate of drug-likeness (QED) is 0.0413. The second-order valence-electron chi connectivity index (χ2n) is 9.69. The lowest BCUT2D eigenvalue weighted by Crippen LogP contribution is -2.19. The zero-order chi connectivity index (χ0) is 38.0. The molecule has 0 bridgehead atoms. The molecule has 0 heterocycles. The summed E-state index contributed by atoms with van der Waals surface area (Å²) in [6.07, 6.45) is -0.612. The molecule has 0 aromatic rings. The van der Waals surface area contributed by atoms with E-state index in [1.165, 1.54) is 13.8 Å². The topological polar surface area (TPSA) is 239 Å². The Morgan fingerprint density at radius 2 is 0.714 bits per heavy atom. The minimum atomic E-state index is -0.935. The number of carboxylic acid groups (broad SMARTS) is 2. The number of hydrogen-bond donors (Lipinski definition) is 6. The van der Waals surface area contributed by atoms with Gasteiger partial charge in [-0.15, -0.1) is 0 Å². The van der Waals surface area contributed by atoms with Gasteiger partial charge in [0.15, 0.2) is 0 Å². The van der Waals surface area contributed by atoms with Crippen LogP contribution in [0.5, 0.6) is 0 Å². The van der Waals surface area contributed by atoms with Gasteiger partial charge in [-0.1, -0.05) is 13.2 Å². The van der Waals surface area contributed by atoms with Crippen molar-refractivity contribution in [2.75, 3.05) is 132 Å². The van der Waals surface area contributed by atoms with Crippen molar-refractivity contribution in [2.45, 2.75) is 39.9 Å². The summed E-state index contributed by atoms with van der Waals surface area (Å²) in [5, 5.41) is 50.0. The molecule has 6 N–H and O–H groups in total. The highest BCUT2D eigenvalue weighted by Gasteiger charge is 2.01. The lowest BCUT2D eigenvalue weighted by atomic mass is 10.4. The zero-order valence-corrected chi connectivity index (χ0v) is 29.9. The first-order valence-corrected chi connectivity index (χ1v) is 15.9. The van der Waals surface area contributed by atoms with Gasteiger partial charge in [0.25, 0.3) is 0 Å². The number of carbonyl (C=O) groups is 2. The highest BCUT2D eigenvalue weighted by molar-refractivity contribution is 5.85. The van der Waals surface area contributed by atoms with E-state index in [-0.39, 0.29) is 37.1 Å². The number of carboxylic acids is 2. The minimum absolute atomic E-state index is 0.00667. The van der Waals surface area contributed by atoms with Gasteiger partial charge in [-0.25, -0.2) is 9.59 Å². The summed E-state index contributed by atoms with van der Waals surface area (Å²) in [6.45, 7) is 20.7. The molecule has 0 aliphatic heterocycles. The molecule has 0 aliphatic carbocycles. The average Bonchev–Trinajstić information content (AvgIpc) is 3.06. The van der Waals surface area contributed by atoms with E-state index in [1.54, 1.807) is 13.8 Å². The van der Waals surface area contributed by atoms with Crippen LogP contribution in [-0.2, 0) is 52.2 Å². The molecule has 294 valence electrons. The predicted molar refractivity (Wildman–Crippen MR) is 180 cm³/mol.